The maximum absolute atomic E-state index is 12.7. The minimum atomic E-state index is -4.89. The van der Waals surface area contributed by atoms with E-state index in [2.05, 4.69) is 95.8 Å². The summed E-state index contributed by atoms with van der Waals surface area (Å²) in [6.07, 6.45) is 45.4. The van der Waals surface area contributed by atoms with Crippen molar-refractivity contribution in [2.24, 2.45) is 0 Å². The van der Waals surface area contributed by atoms with E-state index in [-0.39, 0.29) is 12.8 Å². The molecule has 2 unspecified atom stereocenters. The number of hydrogen-bond donors (Lipinski definition) is 5. The molecule has 0 aromatic heterocycles. The number of phosphoric acid groups is 2. The second-order valence-electron chi connectivity index (χ2n) is 14.1. The first-order valence-electron chi connectivity index (χ1n) is 21.7. The lowest BCUT2D eigenvalue weighted by molar-refractivity contribution is -0.161. The summed E-state index contributed by atoms with van der Waals surface area (Å²) in [4.78, 5) is 52.7. The fraction of sp³-hybridized carbons (Fsp3) is 0.565. The Kier molecular flexibility index (Phi) is 38.4. The van der Waals surface area contributed by atoms with Gasteiger partial charge in [-0.25, -0.2) is 9.13 Å². The summed E-state index contributed by atoms with van der Waals surface area (Å²) in [6.45, 7) is 1.29. The Morgan fingerprint density at radius 3 is 1.66 bits per heavy atom. The molecule has 4 atom stereocenters. The van der Waals surface area contributed by atoms with Crippen molar-refractivity contribution < 1.29 is 66.7 Å². The summed E-state index contributed by atoms with van der Waals surface area (Å²) in [5.74, 6) is -1.25. The van der Waals surface area contributed by atoms with Gasteiger partial charge in [-0.2, -0.15) is 0 Å². The predicted molar refractivity (Wildman–Crippen MR) is 245 cm³/mol. The summed E-state index contributed by atoms with van der Waals surface area (Å²) in [5.41, 5.74) is 0. The zero-order valence-corrected chi connectivity index (χ0v) is 38.6. The average Bonchev–Trinajstić information content (AvgIpc) is 3.23. The number of carbonyl (C=O) groups is 2. The molecular weight excluding hydrogens is 838 g/mol. The minimum absolute atomic E-state index is 0.0220. The lowest BCUT2D eigenvalue weighted by Crippen LogP contribution is -2.29. The average molecular weight is 913 g/mol. The molecule has 0 radical (unpaired) electrons. The molecule has 14 nitrogen and oxygen atoms in total. The molecule has 0 rings (SSSR count). The molecule has 0 aromatic rings. The highest BCUT2D eigenvalue weighted by Gasteiger charge is 2.28. The van der Waals surface area contributed by atoms with Crippen molar-refractivity contribution in [3.8, 4) is 0 Å². The quantitative estimate of drug-likeness (QED) is 0.0128. The molecule has 0 aliphatic heterocycles. The molecule has 352 valence electrons. The number of rotatable bonds is 39. The zero-order chi connectivity index (χ0) is 46.0. The summed E-state index contributed by atoms with van der Waals surface area (Å²) in [5, 5.41) is 19.9. The highest BCUT2D eigenvalue weighted by Crippen LogP contribution is 2.43. The van der Waals surface area contributed by atoms with Crippen LogP contribution in [0.1, 0.15) is 123 Å². The molecule has 0 fully saturated rings. The number of unbranched alkanes of at least 4 members (excludes halogenated alkanes) is 5. The second kappa shape index (κ2) is 40.5. The van der Waals surface area contributed by atoms with Crippen LogP contribution in [-0.2, 0) is 41.8 Å². The van der Waals surface area contributed by atoms with Gasteiger partial charge in [-0.05, 0) is 77.0 Å². The monoisotopic (exact) mass is 912 g/mol. The lowest BCUT2D eigenvalue weighted by Gasteiger charge is -2.20. The number of esters is 2. The Morgan fingerprint density at radius 2 is 1.05 bits per heavy atom. The van der Waals surface area contributed by atoms with Crippen molar-refractivity contribution >= 4 is 27.6 Å². The number of carbonyl (C=O) groups excluding carboxylic acids is 2. The Labute approximate surface area is 370 Å². The van der Waals surface area contributed by atoms with E-state index in [1.54, 1.807) is 24.3 Å². The molecule has 0 aliphatic carbocycles. The fourth-order valence-corrected chi connectivity index (χ4v) is 6.16. The Balaban J connectivity index is 4.77. The minimum Gasteiger partial charge on any atom is -0.462 e. The van der Waals surface area contributed by atoms with E-state index in [0.29, 0.717) is 19.3 Å². The van der Waals surface area contributed by atoms with E-state index in [1.165, 1.54) is 0 Å². The van der Waals surface area contributed by atoms with Crippen LogP contribution in [0.5, 0.6) is 0 Å². The maximum atomic E-state index is 12.7. The summed E-state index contributed by atoms with van der Waals surface area (Å²) < 4.78 is 47.6. The van der Waals surface area contributed by atoms with Crippen LogP contribution < -0.4 is 0 Å². The van der Waals surface area contributed by atoms with E-state index in [1.807, 2.05) is 12.2 Å². The third-order valence-electron chi connectivity index (χ3n) is 8.24. The zero-order valence-electron chi connectivity index (χ0n) is 36.8. The largest absolute Gasteiger partial charge is 0.472 e. The van der Waals surface area contributed by atoms with Crippen LogP contribution in [0.3, 0.4) is 0 Å². The Bertz CT molecular complexity index is 1520. The summed E-state index contributed by atoms with van der Waals surface area (Å²) in [7, 11) is -9.75. The van der Waals surface area contributed by atoms with Gasteiger partial charge < -0.3 is 34.4 Å². The Morgan fingerprint density at radius 1 is 0.532 bits per heavy atom. The molecule has 16 heteroatoms. The molecule has 0 aliphatic rings. The molecule has 0 heterocycles. The van der Waals surface area contributed by atoms with Gasteiger partial charge in [0.05, 0.1) is 25.9 Å². The van der Waals surface area contributed by atoms with Crippen molar-refractivity contribution in [1.82, 2.24) is 0 Å². The number of phosphoric ester groups is 2. The second-order valence-corrected chi connectivity index (χ2v) is 16.7. The number of allylic oxidation sites excluding steroid dienone is 16. The molecule has 0 spiro atoms. The van der Waals surface area contributed by atoms with Crippen LogP contribution in [0.15, 0.2) is 109 Å². The first kappa shape index (κ1) is 58.7. The smallest absolute Gasteiger partial charge is 0.462 e. The van der Waals surface area contributed by atoms with Crippen molar-refractivity contribution in [3.05, 3.63) is 109 Å². The van der Waals surface area contributed by atoms with E-state index >= 15 is 0 Å². The van der Waals surface area contributed by atoms with Crippen LogP contribution in [0, 0.1) is 0 Å². The van der Waals surface area contributed by atoms with E-state index in [4.69, 9.17) is 23.8 Å². The van der Waals surface area contributed by atoms with E-state index < -0.39 is 72.3 Å². The van der Waals surface area contributed by atoms with Gasteiger partial charge in [-0.3, -0.25) is 23.2 Å². The number of ether oxygens (including phenoxy) is 2. The van der Waals surface area contributed by atoms with Crippen LogP contribution in [0.4, 0.5) is 0 Å². The maximum Gasteiger partial charge on any atom is 0.472 e. The van der Waals surface area contributed by atoms with Crippen LogP contribution in [-0.4, -0.2) is 81.6 Å². The molecule has 0 aromatic carbocycles. The number of aliphatic hydroxyl groups is 2. The third kappa shape index (κ3) is 43.4. The molecule has 5 N–H and O–H groups in total. The molecule has 0 saturated carbocycles. The van der Waals surface area contributed by atoms with Crippen molar-refractivity contribution in [2.75, 3.05) is 26.4 Å². The normalized spacial score (nSPS) is 15.5. The first-order chi connectivity index (χ1) is 29.8. The third-order valence-corrected chi connectivity index (χ3v) is 9.68. The molecule has 0 amide bonds. The van der Waals surface area contributed by atoms with Crippen LogP contribution in [0.2, 0.25) is 0 Å². The predicted octanol–water partition coefficient (Wildman–Crippen LogP) is 10.1. The van der Waals surface area contributed by atoms with Crippen LogP contribution in [0.25, 0.3) is 0 Å². The van der Waals surface area contributed by atoms with Crippen molar-refractivity contribution in [2.45, 2.75) is 141 Å². The number of aliphatic hydroxyl groups excluding tert-OH is 2. The summed E-state index contributed by atoms with van der Waals surface area (Å²) in [6, 6.07) is 0. The van der Waals surface area contributed by atoms with Crippen LogP contribution >= 0.6 is 15.6 Å². The highest BCUT2D eigenvalue weighted by molar-refractivity contribution is 7.47. The molecule has 0 bridgehead atoms. The standard InChI is InChI=1S/C46H74O14P2/c1-3-5-7-9-11-13-15-17-18-20-22-24-26-28-32-37-46(50)60-44(41-59-62(54,55)58-39-43(48)38-57-61(51,52)53)40-56-45(49)36-33-29-31-35-42(47)34-30-27-25-23-21-19-16-14-12-10-8-6-4-2/h5-8,11-14,17-19,21,25,27,29-31,34,42-44,47-48H,3-4,9-10,15-16,20,22-24,26,28,32-33,35-41H2,1-2H3,(H,54,55)(H2,51,52,53)/b7-5-,8-6-,13-11-,14-12-,18-17-,21-19-,27-25-,31-29-,34-30-/t42?,43-,44+/m0/s1. The number of hydrogen-bond acceptors (Lipinski definition) is 11. The summed E-state index contributed by atoms with van der Waals surface area (Å²) >= 11 is 0. The van der Waals surface area contributed by atoms with Gasteiger partial charge in [0.15, 0.2) is 6.10 Å². The fourth-order valence-electron chi connectivity index (χ4n) is 5.00. The van der Waals surface area contributed by atoms with Gasteiger partial charge in [-0.1, -0.05) is 142 Å². The van der Waals surface area contributed by atoms with Gasteiger partial charge in [0.2, 0.25) is 0 Å². The molecular formula is C46H74O14P2. The van der Waals surface area contributed by atoms with Gasteiger partial charge in [0.25, 0.3) is 0 Å². The lowest BCUT2D eigenvalue weighted by atomic mass is 10.1. The van der Waals surface area contributed by atoms with Gasteiger partial charge in [0.1, 0.15) is 12.7 Å². The highest BCUT2D eigenvalue weighted by atomic mass is 31.2. The van der Waals surface area contributed by atoms with E-state index in [0.717, 1.165) is 77.0 Å². The molecule has 0 saturated heterocycles. The van der Waals surface area contributed by atoms with Gasteiger partial charge in [-0.15, -0.1) is 0 Å². The molecule has 62 heavy (non-hydrogen) atoms. The SMILES string of the molecule is CC/C=C\C/C=C\C/C=C\C/C=C\C=C/C(O)C/C=C\CCC(=O)OC[C@H](COP(=O)(O)OC[C@@H](O)COP(=O)(O)O)OC(=O)CCCCCCC/C=C\C/C=C\C/C=C\CC. The van der Waals surface area contributed by atoms with Gasteiger partial charge in [0, 0.05) is 12.8 Å². The topological polar surface area (TPSA) is 216 Å². The first-order valence-corrected chi connectivity index (χ1v) is 24.7. The van der Waals surface area contributed by atoms with Crippen molar-refractivity contribution in [1.29, 1.82) is 0 Å². The van der Waals surface area contributed by atoms with Gasteiger partial charge >= 0.3 is 27.6 Å². The Hall–Kier alpha value is -3.26. The van der Waals surface area contributed by atoms with E-state index in [9.17, 15) is 33.8 Å². The van der Waals surface area contributed by atoms with Crippen molar-refractivity contribution in [3.63, 3.8) is 0 Å².